The van der Waals surface area contributed by atoms with Crippen molar-refractivity contribution >= 4 is 29.0 Å². The van der Waals surface area contributed by atoms with Gasteiger partial charge in [-0.3, -0.25) is 9.59 Å². The van der Waals surface area contributed by atoms with Gasteiger partial charge in [0.05, 0.1) is 24.0 Å². The number of ketones is 2. The second-order valence-corrected chi connectivity index (χ2v) is 6.21. The number of ether oxygens (including phenoxy) is 1. The molecule has 0 aromatic heterocycles. The summed E-state index contributed by atoms with van der Waals surface area (Å²) in [7, 11) is 1.51. The molecular weight excluding hydrogens is 356 g/mol. The van der Waals surface area contributed by atoms with Crippen molar-refractivity contribution in [2.45, 2.75) is 0 Å². The number of hydrogen-bond acceptors (Lipinski definition) is 4. The molecule has 0 atom stereocenters. The molecule has 0 aliphatic heterocycles. The minimum atomic E-state index is -0.544. The third-order valence-electron chi connectivity index (χ3n) is 4.56. The molecule has 6 nitrogen and oxygen atoms in total. The number of benzene rings is 3. The monoisotopic (exact) mass is 372 g/mol. The molecule has 28 heavy (non-hydrogen) atoms. The summed E-state index contributed by atoms with van der Waals surface area (Å²) >= 11 is 0. The van der Waals surface area contributed by atoms with E-state index in [9.17, 15) is 14.4 Å². The number of nitrogens with one attached hydrogen (secondary N) is 2. The quantitative estimate of drug-likeness (QED) is 0.567. The fourth-order valence-corrected chi connectivity index (χ4v) is 3.27. The average Bonchev–Trinajstić information content (AvgIpc) is 2.72. The van der Waals surface area contributed by atoms with Crippen LogP contribution in [0.3, 0.4) is 0 Å². The number of fused-ring (bicyclic) bond motifs is 2. The van der Waals surface area contributed by atoms with Gasteiger partial charge in [0.2, 0.25) is 0 Å². The number of carbonyl (C=O) groups excluding carboxylic acids is 3. The number of anilines is 2. The molecule has 3 aromatic rings. The van der Waals surface area contributed by atoms with Crippen LogP contribution in [0, 0.1) is 0 Å². The van der Waals surface area contributed by atoms with Crippen molar-refractivity contribution in [2.75, 3.05) is 17.7 Å². The molecule has 6 heteroatoms. The zero-order valence-corrected chi connectivity index (χ0v) is 15.0. The number of amides is 2. The Hall–Kier alpha value is -3.93. The lowest BCUT2D eigenvalue weighted by molar-refractivity contribution is 0.0979. The third kappa shape index (κ3) is 2.91. The maximum absolute atomic E-state index is 13.0. The lowest BCUT2D eigenvalue weighted by Crippen LogP contribution is -2.25. The fraction of sp³-hybridized carbons (Fsp3) is 0.0455. The van der Waals surface area contributed by atoms with E-state index < -0.39 is 6.03 Å². The smallest absolute Gasteiger partial charge is 0.323 e. The van der Waals surface area contributed by atoms with Gasteiger partial charge in [0.1, 0.15) is 5.75 Å². The van der Waals surface area contributed by atoms with Crippen molar-refractivity contribution in [2.24, 2.45) is 0 Å². The van der Waals surface area contributed by atoms with Crippen LogP contribution in [0.1, 0.15) is 31.8 Å². The maximum atomic E-state index is 13.0. The molecule has 2 amide bonds. The van der Waals surface area contributed by atoms with Crippen LogP contribution in [0.4, 0.5) is 16.2 Å². The van der Waals surface area contributed by atoms with Gasteiger partial charge in [-0.15, -0.1) is 0 Å². The second kappa shape index (κ2) is 7.00. The fourth-order valence-electron chi connectivity index (χ4n) is 3.27. The van der Waals surface area contributed by atoms with Gasteiger partial charge in [-0.1, -0.05) is 48.5 Å². The van der Waals surface area contributed by atoms with Crippen molar-refractivity contribution in [3.05, 3.63) is 89.0 Å². The minimum Gasteiger partial charge on any atom is -0.495 e. The van der Waals surface area contributed by atoms with Crippen LogP contribution in [-0.4, -0.2) is 24.7 Å². The zero-order chi connectivity index (χ0) is 19.7. The Kier molecular flexibility index (Phi) is 4.37. The van der Waals surface area contributed by atoms with E-state index in [4.69, 9.17) is 4.74 Å². The highest BCUT2D eigenvalue weighted by atomic mass is 16.5. The third-order valence-corrected chi connectivity index (χ3v) is 4.56. The van der Waals surface area contributed by atoms with E-state index in [1.165, 1.54) is 7.11 Å². The highest BCUT2D eigenvalue weighted by molar-refractivity contribution is 6.30. The van der Waals surface area contributed by atoms with Crippen molar-refractivity contribution < 1.29 is 19.1 Å². The summed E-state index contributed by atoms with van der Waals surface area (Å²) in [6.07, 6.45) is 0. The first kappa shape index (κ1) is 17.5. The highest BCUT2D eigenvalue weighted by Gasteiger charge is 2.31. The Morgan fingerprint density at radius 2 is 1.29 bits per heavy atom. The number of urea groups is 1. The van der Waals surface area contributed by atoms with Gasteiger partial charge in [0, 0.05) is 16.7 Å². The Bertz CT molecular complexity index is 1120. The molecule has 0 fully saturated rings. The van der Waals surface area contributed by atoms with E-state index in [-0.39, 0.29) is 28.4 Å². The molecule has 0 bridgehead atoms. The van der Waals surface area contributed by atoms with Gasteiger partial charge in [-0.2, -0.15) is 0 Å². The van der Waals surface area contributed by atoms with Crippen molar-refractivity contribution in [3.63, 3.8) is 0 Å². The van der Waals surface area contributed by atoms with E-state index >= 15 is 0 Å². The van der Waals surface area contributed by atoms with Crippen molar-refractivity contribution in [1.29, 1.82) is 0 Å². The first-order valence-electron chi connectivity index (χ1n) is 8.62. The molecule has 4 rings (SSSR count). The SMILES string of the molecule is COc1ccccc1NC(=O)Nc1cccc2c1C(=O)c1ccccc1C2=O. The van der Waals surface area contributed by atoms with Gasteiger partial charge in [0.25, 0.3) is 0 Å². The van der Waals surface area contributed by atoms with Crippen LogP contribution in [0.2, 0.25) is 0 Å². The first-order valence-corrected chi connectivity index (χ1v) is 8.62. The lowest BCUT2D eigenvalue weighted by Gasteiger charge is -2.20. The molecule has 138 valence electrons. The second-order valence-electron chi connectivity index (χ2n) is 6.21. The standard InChI is InChI=1S/C22H16N2O4/c1-28-18-12-5-4-10-16(18)23-22(27)24-17-11-6-9-15-19(17)21(26)14-8-3-2-7-13(14)20(15)25/h2-12H,1H3,(H2,23,24,27). The lowest BCUT2D eigenvalue weighted by atomic mass is 9.83. The molecular formula is C22H16N2O4. The minimum absolute atomic E-state index is 0.196. The summed E-state index contributed by atoms with van der Waals surface area (Å²) < 4.78 is 5.22. The van der Waals surface area contributed by atoms with Crippen LogP contribution in [0.25, 0.3) is 0 Å². The van der Waals surface area contributed by atoms with Crippen LogP contribution in [0.15, 0.2) is 66.7 Å². The summed E-state index contributed by atoms with van der Waals surface area (Å²) in [5.74, 6) is -0.0229. The predicted octanol–water partition coefficient (Wildman–Crippen LogP) is 4.11. The van der Waals surface area contributed by atoms with Gasteiger partial charge in [0.15, 0.2) is 11.6 Å². The van der Waals surface area contributed by atoms with Crippen LogP contribution in [-0.2, 0) is 0 Å². The molecule has 1 aliphatic rings. The van der Waals surface area contributed by atoms with Crippen molar-refractivity contribution in [1.82, 2.24) is 0 Å². The number of hydrogen-bond donors (Lipinski definition) is 2. The van der Waals surface area contributed by atoms with E-state index in [2.05, 4.69) is 10.6 Å². The van der Waals surface area contributed by atoms with Crippen LogP contribution >= 0.6 is 0 Å². The summed E-state index contributed by atoms with van der Waals surface area (Å²) in [6, 6.07) is 17.9. The predicted molar refractivity (Wildman–Crippen MR) is 105 cm³/mol. The maximum Gasteiger partial charge on any atom is 0.323 e. The highest BCUT2D eigenvalue weighted by Crippen LogP contribution is 2.32. The van der Waals surface area contributed by atoms with Crippen LogP contribution < -0.4 is 15.4 Å². The normalized spacial score (nSPS) is 12.0. The molecule has 0 spiro atoms. The van der Waals surface area contributed by atoms with Gasteiger partial charge >= 0.3 is 6.03 Å². The topological polar surface area (TPSA) is 84.5 Å². The van der Waals surface area contributed by atoms with E-state index in [0.717, 1.165) is 0 Å². The van der Waals surface area contributed by atoms with Crippen molar-refractivity contribution in [3.8, 4) is 5.75 Å². The average molecular weight is 372 g/mol. The first-order chi connectivity index (χ1) is 13.6. The number of rotatable bonds is 3. The zero-order valence-electron chi connectivity index (χ0n) is 15.0. The van der Waals surface area contributed by atoms with E-state index in [0.29, 0.717) is 22.6 Å². The van der Waals surface area contributed by atoms with E-state index in [1.807, 2.05) is 0 Å². The number of para-hydroxylation sites is 2. The Morgan fingerprint density at radius 1 is 0.714 bits per heavy atom. The van der Waals surface area contributed by atoms with Gasteiger partial charge in [-0.25, -0.2) is 4.79 Å². The molecule has 0 saturated heterocycles. The van der Waals surface area contributed by atoms with Gasteiger partial charge < -0.3 is 15.4 Å². The molecule has 3 aromatic carbocycles. The molecule has 1 aliphatic carbocycles. The molecule has 0 saturated carbocycles. The number of carbonyl (C=O) groups is 3. The molecule has 2 N–H and O–H groups in total. The summed E-state index contributed by atoms with van der Waals surface area (Å²) in [5, 5.41) is 5.36. The van der Waals surface area contributed by atoms with Gasteiger partial charge in [-0.05, 0) is 18.2 Å². The molecule has 0 heterocycles. The Morgan fingerprint density at radius 3 is 2.04 bits per heavy atom. The summed E-state index contributed by atoms with van der Waals surface area (Å²) in [4.78, 5) is 38.2. The van der Waals surface area contributed by atoms with Crippen LogP contribution in [0.5, 0.6) is 5.75 Å². The Balaban J connectivity index is 1.66. The summed E-state index contributed by atoms with van der Waals surface area (Å²) in [5.41, 5.74) is 1.94. The summed E-state index contributed by atoms with van der Waals surface area (Å²) in [6.45, 7) is 0. The van der Waals surface area contributed by atoms with E-state index in [1.54, 1.807) is 66.7 Å². The Labute approximate surface area is 161 Å². The molecule has 0 unspecified atom stereocenters. The largest absolute Gasteiger partial charge is 0.495 e. The number of methoxy groups -OCH3 is 1. The molecule has 0 radical (unpaired) electrons.